The maximum atomic E-state index is 13.5. The number of carbonyl (C=O) groups is 1. The maximum absolute atomic E-state index is 13.5. The lowest BCUT2D eigenvalue weighted by Gasteiger charge is -2.33. The molecule has 0 spiro atoms. The lowest BCUT2D eigenvalue weighted by atomic mass is 10.0. The van der Waals surface area contributed by atoms with Crippen LogP contribution in [0.2, 0.25) is 0 Å². The van der Waals surface area contributed by atoms with Crippen LogP contribution in [-0.2, 0) is 10.0 Å². The number of nitrogens with zero attached hydrogens (tertiary/aromatic N) is 3. The smallest absolute Gasteiger partial charge is 0.254 e. The average Bonchev–Trinajstić information content (AvgIpc) is 2.82. The molecule has 1 aliphatic rings. The first kappa shape index (κ1) is 22.0. The second-order valence-corrected chi connectivity index (χ2v) is 9.58. The van der Waals surface area contributed by atoms with Gasteiger partial charge in [-0.1, -0.05) is 18.2 Å². The van der Waals surface area contributed by atoms with Crippen LogP contribution in [0.3, 0.4) is 0 Å². The van der Waals surface area contributed by atoms with Gasteiger partial charge in [0.1, 0.15) is 11.5 Å². The molecule has 1 aromatic heterocycles. The molecule has 2 aromatic carbocycles. The van der Waals surface area contributed by atoms with Crippen LogP contribution in [0, 0.1) is 0 Å². The Bertz CT molecular complexity index is 1270. The molecule has 0 bridgehead atoms. The van der Waals surface area contributed by atoms with Crippen molar-refractivity contribution in [3.63, 3.8) is 0 Å². The average molecular weight is 456 g/mol. The van der Waals surface area contributed by atoms with Gasteiger partial charge in [0.25, 0.3) is 5.91 Å². The minimum atomic E-state index is -3.27. The number of fused-ring (bicyclic) bond motifs is 1. The zero-order chi connectivity index (χ0) is 22.9. The Hall–Kier alpha value is -3.17. The van der Waals surface area contributed by atoms with E-state index in [-0.39, 0.29) is 19.0 Å². The number of hydrogen-bond acceptors (Lipinski definition) is 6. The number of benzene rings is 2. The van der Waals surface area contributed by atoms with Gasteiger partial charge < -0.3 is 14.4 Å². The Kier molecular flexibility index (Phi) is 6.03. The van der Waals surface area contributed by atoms with Crippen molar-refractivity contribution in [3.05, 3.63) is 54.1 Å². The quantitative estimate of drug-likeness (QED) is 0.588. The zero-order valence-corrected chi connectivity index (χ0v) is 19.1. The maximum Gasteiger partial charge on any atom is 0.254 e. The summed E-state index contributed by atoms with van der Waals surface area (Å²) in [7, 11) is -0.101. The summed E-state index contributed by atoms with van der Waals surface area (Å²) >= 11 is 0. The van der Waals surface area contributed by atoms with E-state index in [0.29, 0.717) is 46.9 Å². The molecule has 0 N–H and O–H groups in total. The van der Waals surface area contributed by atoms with Gasteiger partial charge in [-0.2, -0.15) is 4.31 Å². The van der Waals surface area contributed by atoms with E-state index in [1.165, 1.54) is 10.6 Å². The van der Waals surface area contributed by atoms with Crippen LogP contribution in [-0.4, -0.2) is 75.2 Å². The van der Waals surface area contributed by atoms with Gasteiger partial charge in [0.15, 0.2) is 0 Å². The van der Waals surface area contributed by atoms with Crippen molar-refractivity contribution < 1.29 is 22.7 Å². The fraction of sp³-hybridized carbons (Fsp3) is 0.304. The summed E-state index contributed by atoms with van der Waals surface area (Å²) in [4.78, 5) is 20.0. The van der Waals surface area contributed by atoms with E-state index in [2.05, 4.69) is 0 Å². The first-order valence-corrected chi connectivity index (χ1v) is 12.0. The van der Waals surface area contributed by atoms with Gasteiger partial charge in [-0.25, -0.2) is 13.4 Å². The number of rotatable bonds is 5. The number of methoxy groups -OCH3 is 2. The lowest BCUT2D eigenvalue weighted by molar-refractivity contribution is 0.0700. The number of sulfonamides is 1. The van der Waals surface area contributed by atoms with E-state index in [0.717, 1.165) is 5.39 Å². The molecular formula is C23H25N3O5S. The molecule has 0 radical (unpaired) electrons. The predicted octanol–water partition coefficient (Wildman–Crippen LogP) is 2.64. The van der Waals surface area contributed by atoms with Gasteiger partial charge in [-0.05, 0) is 30.3 Å². The number of aromatic nitrogens is 1. The Morgan fingerprint density at radius 3 is 2.34 bits per heavy atom. The van der Waals surface area contributed by atoms with Crippen molar-refractivity contribution in [1.82, 2.24) is 14.2 Å². The highest BCUT2D eigenvalue weighted by atomic mass is 32.2. The van der Waals surface area contributed by atoms with Crippen molar-refractivity contribution in [2.24, 2.45) is 0 Å². The van der Waals surface area contributed by atoms with E-state index in [9.17, 15) is 13.2 Å². The fourth-order valence-electron chi connectivity index (χ4n) is 3.90. The number of piperazine rings is 1. The van der Waals surface area contributed by atoms with Crippen molar-refractivity contribution in [2.75, 3.05) is 46.7 Å². The SMILES string of the molecule is COc1ccc(OC)c(-c2cc(C(=O)N3CCN(S(C)(=O)=O)CC3)c3ccccc3n2)c1. The molecule has 0 aliphatic carbocycles. The van der Waals surface area contributed by atoms with Crippen LogP contribution in [0.4, 0.5) is 0 Å². The van der Waals surface area contributed by atoms with E-state index in [1.54, 1.807) is 37.3 Å². The summed E-state index contributed by atoms with van der Waals surface area (Å²) in [5, 5.41) is 0.744. The molecule has 0 atom stereocenters. The number of ether oxygens (including phenoxy) is 2. The summed E-state index contributed by atoms with van der Waals surface area (Å²) in [6.45, 7) is 1.23. The van der Waals surface area contributed by atoms with Crippen LogP contribution >= 0.6 is 0 Å². The van der Waals surface area contributed by atoms with Crippen LogP contribution in [0.25, 0.3) is 22.2 Å². The highest BCUT2D eigenvalue weighted by Gasteiger charge is 2.28. The summed E-state index contributed by atoms with van der Waals surface area (Å²) in [6.07, 6.45) is 1.19. The molecular weight excluding hydrogens is 430 g/mol. The van der Waals surface area contributed by atoms with E-state index in [4.69, 9.17) is 14.5 Å². The molecule has 1 saturated heterocycles. The molecule has 9 heteroatoms. The first-order chi connectivity index (χ1) is 15.3. The Balaban J connectivity index is 1.77. The third-order valence-corrected chi connectivity index (χ3v) is 6.93. The third kappa shape index (κ3) is 4.26. The minimum absolute atomic E-state index is 0.153. The first-order valence-electron chi connectivity index (χ1n) is 10.2. The van der Waals surface area contributed by atoms with E-state index >= 15 is 0 Å². The topological polar surface area (TPSA) is 89.0 Å². The van der Waals surface area contributed by atoms with Gasteiger partial charge in [0, 0.05) is 37.1 Å². The van der Waals surface area contributed by atoms with Gasteiger partial charge in [0.05, 0.1) is 37.2 Å². The number of hydrogen-bond donors (Lipinski definition) is 0. The molecule has 0 unspecified atom stereocenters. The Labute approximate surface area is 187 Å². The number of amides is 1. The minimum Gasteiger partial charge on any atom is -0.497 e. The summed E-state index contributed by atoms with van der Waals surface area (Å²) in [6, 6.07) is 14.7. The molecule has 0 saturated carbocycles. The summed E-state index contributed by atoms with van der Waals surface area (Å²) < 4.78 is 35.9. The molecule has 2 heterocycles. The summed E-state index contributed by atoms with van der Waals surface area (Å²) in [5.74, 6) is 1.12. The molecule has 4 rings (SSSR count). The van der Waals surface area contributed by atoms with E-state index in [1.807, 2.05) is 30.3 Å². The fourth-order valence-corrected chi connectivity index (χ4v) is 4.72. The van der Waals surface area contributed by atoms with Crippen LogP contribution in [0.5, 0.6) is 11.5 Å². The highest BCUT2D eigenvalue weighted by Crippen LogP contribution is 2.34. The van der Waals surface area contributed by atoms with Crippen molar-refractivity contribution in [3.8, 4) is 22.8 Å². The number of pyridine rings is 1. The summed E-state index contributed by atoms with van der Waals surface area (Å²) in [5.41, 5.74) is 2.52. The van der Waals surface area contributed by atoms with Crippen molar-refractivity contribution in [1.29, 1.82) is 0 Å². The molecule has 32 heavy (non-hydrogen) atoms. The molecule has 8 nitrogen and oxygen atoms in total. The zero-order valence-electron chi connectivity index (χ0n) is 18.2. The van der Waals surface area contributed by atoms with Crippen LogP contribution in [0.15, 0.2) is 48.5 Å². The molecule has 1 fully saturated rings. The van der Waals surface area contributed by atoms with Crippen LogP contribution < -0.4 is 9.47 Å². The van der Waals surface area contributed by atoms with Gasteiger partial charge in [0.2, 0.25) is 10.0 Å². The van der Waals surface area contributed by atoms with Gasteiger partial charge in [-0.15, -0.1) is 0 Å². The number of para-hydroxylation sites is 1. The van der Waals surface area contributed by atoms with Crippen molar-refractivity contribution in [2.45, 2.75) is 0 Å². The third-order valence-electron chi connectivity index (χ3n) is 5.62. The van der Waals surface area contributed by atoms with Crippen molar-refractivity contribution >= 4 is 26.8 Å². The molecule has 3 aromatic rings. The Morgan fingerprint density at radius 1 is 0.969 bits per heavy atom. The Morgan fingerprint density at radius 2 is 1.69 bits per heavy atom. The number of carbonyl (C=O) groups excluding carboxylic acids is 1. The predicted molar refractivity (Wildman–Crippen MR) is 123 cm³/mol. The largest absolute Gasteiger partial charge is 0.497 e. The van der Waals surface area contributed by atoms with Gasteiger partial charge >= 0.3 is 0 Å². The molecule has 1 aliphatic heterocycles. The second kappa shape index (κ2) is 8.76. The normalized spacial score (nSPS) is 15.0. The van der Waals surface area contributed by atoms with Crippen LogP contribution in [0.1, 0.15) is 10.4 Å². The van der Waals surface area contributed by atoms with Gasteiger partial charge in [-0.3, -0.25) is 4.79 Å². The molecule has 168 valence electrons. The second-order valence-electron chi connectivity index (χ2n) is 7.59. The standard InChI is InChI=1S/C23H25N3O5S/c1-30-16-8-9-22(31-2)19(14-16)21-15-18(17-6-4-5-7-20(17)24-21)23(27)25-10-12-26(13-11-25)32(3,28)29/h4-9,14-15H,10-13H2,1-3H3. The van der Waals surface area contributed by atoms with E-state index < -0.39 is 10.0 Å². The monoisotopic (exact) mass is 455 g/mol. The molecule has 1 amide bonds. The highest BCUT2D eigenvalue weighted by molar-refractivity contribution is 7.88. The lowest BCUT2D eigenvalue weighted by Crippen LogP contribution is -2.50.